The van der Waals surface area contributed by atoms with Crippen LogP contribution in [0.25, 0.3) is 5.69 Å². The highest BCUT2D eigenvalue weighted by Crippen LogP contribution is 2.30. The Balaban J connectivity index is 1.77. The summed E-state index contributed by atoms with van der Waals surface area (Å²) in [5, 5.41) is 14.5. The van der Waals surface area contributed by atoms with E-state index in [0.29, 0.717) is 49.6 Å². The number of nitrogens with zero attached hydrogens (tertiary/aromatic N) is 4. The normalized spacial score (nSPS) is 14.8. The van der Waals surface area contributed by atoms with Crippen LogP contribution in [0.5, 0.6) is 0 Å². The summed E-state index contributed by atoms with van der Waals surface area (Å²) in [4.78, 5) is 31.5. The predicted octanol–water partition coefficient (Wildman–Crippen LogP) is 4.54. The van der Waals surface area contributed by atoms with Crippen molar-refractivity contribution < 1.29 is 23.1 Å². The first-order valence-electron chi connectivity index (χ1n) is 15.0. The number of aliphatic hydroxyl groups is 1. The van der Waals surface area contributed by atoms with Gasteiger partial charge in [0.2, 0.25) is 10.0 Å². The Bertz CT molecular complexity index is 1540. The monoisotopic (exact) mass is 609 g/mol. The van der Waals surface area contributed by atoms with Crippen molar-refractivity contribution in [2.75, 3.05) is 30.7 Å². The molecule has 1 atom stereocenters. The van der Waals surface area contributed by atoms with Gasteiger partial charge in [0, 0.05) is 43.7 Å². The molecule has 2 heterocycles. The van der Waals surface area contributed by atoms with E-state index < -0.39 is 10.0 Å². The lowest BCUT2D eigenvalue weighted by Gasteiger charge is -2.37. The van der Waals surface area contributed by atoms with Crippen LogP contribution in [0.4, 0.5) is 5.69 Å². The van der Waals surface area contributed by atoms with Crippen molar-refractivity contribution >= 4 is 27.5 Å². The van der Waals surface area contributed by atoms with E-state index in [0.717, 1.165) is 43.1 Å². The number of anilines is 1. The van der Waals surface area contributed by atoms with E-state index >= 15 is 0 Å². The molecule has 0 saturated carbocycles. The van der Waals surface area contributed by atoms with Gasteiger partial charge in [-0.3, -0.25) is 14.3 Å². The number of amides is 2. The quantitative estimate of drug-likeness (QED) is 0.293. The molecule has 0 fully saturated rings. The van der Waals surface area contributed by atoms with Gasteiger partial charge < -0.3 is 14.9 Å². The number of fused-ring (bicyclic) bond motifs is 1. The van der Waals surface area contributed by atoms with Gasteiger partial charge in [0.05, 0.1) is 17.5 Å². The average Bonchev–Trinajstić information content (AvgIpc) is 3.36. The number of rotatable bonds is 13. The number of sulfonamides is 1. The van der Waals surface area contributed by atoms with Crippen LogP contribution in [0.2, 0.25) is 0 Å². The molecule has 0 spiro atoms. The second-order valence-corrected chi connectivity index (χ2v) is 13.0. The summed E-state index contributed by atoms with van der Waals surface area (Å²) < 4.78 is 28.2. The Labute approximate surface area is 254 Å². The Morgan fingerprint density at radius 1 is 1.05 bits per heavy atom. The largest absolute Gasteiger partial charge is 0.396 e. The fourth-order valence-electron chi connectivity index (χ4n) is 5.55. The van der Waals surface area contributed by atoms with Gasteiger partial charge in [0.1, 0.15) is 0 Å². The first kappa shape index (κ1) is 32.2. The minimum Gasteiger partial charge on any atom is -0.396 e. The summed E-state index contributed by atoms with van der Waals surface area (Å²) >= 11 is 0. The van der Waals surface area contributed by atoms with Gasteiger partial charge in [-0.1, -0.05) is 51.0 Å². The number of benzene rings is 2. The van der Waals surface area contributed by atoms with Crippen molar-refractivity contribution in [1.82, 2.24) is 19.6 Å². The second-order valence-electron chi connectivity index (χ2n) is 11.3. The van der Waals surface area contributed by atoms with E-state index in [1.165, 1.54) is 6.07 Å². The number of carbonyl (C=O) groups excluding carboxylic acids is 2. The Kier molecular flexibility index (Phi) is 10.6. The lowest BCUT2D eigenvalue weighted by molar-refractivity contribution is 0.0605. The maximum absolute atomic E-state index is 14.4. The average molecular weight is 610 g/mol. The zero-order chi connectivity index (χ0) is 31.1. The van der Waals surface area contributed by atoms with Crippen molar-refractivity contribution in [3.05, 3.63) is 76.6 Å². The standard InChI is InChI=1S/C32H43N5O5S/c1-5-7-16-35(17-8-6-2)32(40)29-19-23(3)37(33-29)30-14-13-26(34-43(4,41)42)21-28(30)31(39)36-22-25-12-10-9-11-24(25)20-27(36)15-18-38/h9-14,19,21,27,34,38H,5-8,15-18,20,22H2,1-4H3/t27-/m1/s1. The van der Waals surface area contributed by atoms with Crippen LogP contribution in [0, 0.1) is 6.92 Å². The highest BCUT2D eigenvalue weighted by molar-refractivity contribution is 7.92. The van der Waals surface area contributed by atoms with Crippen LogP contribution >= 0.6 is 0 Å². The fraction of sp³-hybridized carbons (Fsp3) is 0.469. The molecular weight excluding hydrogens is 566 g/mol. The Morgan fingerprint density at radius 3 is 2.35 bits per heavy atom. The van der Waals surface area contributed by atoms with Crippen molar-refractivity contribution in [1.29, 1.82) is 0 Å². The van der Waals surface area contributed by atoms with Gasteiger partial charge >= 0.3 is 0 Å². The summed E-state index contributed by atoms with van der Waals surface area (Å²) in [5.74, 6) is -0.460. The van der Waals surface area contributed by atoms with Gasteiger partial charge in [-0.2, -0.15) is 5.10 Å². The molecule has 0 aliphatic carbocycles. The smallest absolute Gasteiger partial charge is 0.274 e. The molecule has 4 rings (SSSR count). The molecule has 232 valence electrons. The topological polar surface area (TPSA) is 125 Å². The van der Waals surface area contributed by atoms with Crippen molar-refractivity contribution in [3.63, 3.8) is 0 Å². The molecule has 2 amide bonds. The first-order chi connectivity index (χ1) is 20.6. The number of nitrogens with one attached hydrogen (secondary N) is 1. The molecule has 3 aromatic rings. The van der Waals surface area contributed by atoms with E-state index in [1.807, 2.05) is 36.1 Å². The number of aryl methyl sites for hydroxylation is 1. The number of hydrogen-bond acceptors (Lipinski definition) is 6. The van der Waals surface area contributed by atoms with Crippen molar-refractivity contribution in [3.8, 4) is 5.69 Å². The minimum atomic E-state index is -3.60. The SMILES string of the molecule is CCCCN(CCCC)C(=O)c1cc(C)n(-c2ccc(NS(C)(=O)=O)cc2C(=O)N2Cc3ccccc3C[C@H]2CCO)n1. The van der Waals surface area contributed by atoms with Gasteiger partial charge in [-0.05, 0) is 68.0 Å². The molecule has 10 nitrogen and oxygen atoms in total. The first-order valence-corrected chi connectivity index (χ1v) is 16.9. The highest BCUT2D eigenvalue weighted by Gasteiger charge is 2.32. The zero-order valence-corrected chi connectivity index (χ0v) is 26.4. The number of aliphatic hydroxyl groups excluding tert-OH is 1. The van der Waals surface area contributed by atoms with Crippen LogP contribution in [0.15, 0.2) is 48.5 Å². The van der Waals surface area contributed by atoms with Gasteiger partial charge in [0.25, 0.3) is 11.8 Å². The number of carbonyl (C=O) groups is 2. The van der Waals surface area contributed by atoms with Gasteiger partial charge in [0.15, 0.2) is 5.69 Å². The van der Waals surface area contributed by atoms with Crippen LogP contribution < -0.4 is 4.72 Å². The molecule has 0 radical (unpaired) electrons. The minimum absolute atomic E-state index is 0.0740. The Hall–Kier alpha value is -3.70. The molecular formula is C32H43N5O5S. The third-order valence-corrected chi connectivity index (χ3v) is 8.40. The van der Waals surface area contributed by atoms with E-state index in [1.54, 1.807) is 27.8 Å². The molecule has 11 heteroatoms. The van der Waals surface area contributed by atoms with E-state index in [-0.39, 0.29) is 35.7 Å². The molecule has 1 aromatic heterocycles. The maximum Gasteiger partial charge on any atom is 0.274 e. The van der Waals surface area contributed by atoms with E-state index in [9.17, 15) is 23.1 Å². The van der Waals surface area contributed by atoms with E-state index in [2.05, 4.69) is 23.7 Å². The maximum atomic E-state index is 14.4. The third kappa shape index (κ3) is 7.83. The summed E-state index contributed by atoms with van der Waals surface area (Å²) in [6, 6.07) is 14.2. The zero-order valence-electron chi connectivity index (χ0n) is 25.5. The summed E-state index contributed by atoms with van der Waals surface area (Å²) in [7, 11) is -3.60. The number of unbranched alkanes of at least 4 members (excludes halogenated alkanes) is 2. The van der Waals surface area contributed by atoms with Crippen LogP contribution in [0.3, 0.4) is 0 Å². The van der Waals surface area contributed by atoms with Crippen LogP contribution in [0.1, 0.15) is 83.6 Å². The molecule has 1 aliphatic rings. The number of aromatic nitrogens is 2. The molecule has 2 N–H and O–H groups in total. The summed E-state index contributed by atoms with van der Waals surface area (Å²) in [6.07, 6.45) is 5.81. The second kappa shape index (κ2) is 14.2. The van der Waals surface area contributed by atoms with Crippen molar-refractivity contribution in [2.45, 2.75) is 71.9 Å². The lowest BCUT2D eigenvalue weighted by atomic mass is 9.91. The van der Waals surface area contributed by atoms with Crippen LogP contribution in [-0.2, 0) is 23.0 Å². The van der Waals surface area contributed by atoms with Gasteiger partial charge in [-0.15, -0.1) is 0 Å². The molecule has 0 unspecified atom stereocenters. The van der Waals surface area contributed by atoms with Crippen LogP contribution in [-0.4, -0.2) is 76.9 Å². The molecule has 1 aliphatic heterocycles. The van der Waals surface area contributed by atoms with Gasteiger partial charge in [-0.25, -0.2) is 13.1 Å². The fourth-order valence-corrected chi connectivity index (χ4v) is 6.11. The van der Waals surface area contributed by atoms with Crippen molar-refractivity contribution in [2.24, 2.45) is 0 Å². The molecule has 0 bridgehead atoms. The molecule has 0 saturated heterocycles. The summed E-state index contributed by atoms with van der Waals surface area (Å²) in [6.45, 7) is 7.60. The third-order valence-electron chi connectivity index (χ3n) is 7.79. The highest BCUT2D eigenvalue weighted by atomic mass is 32.2. The van der Waals surface area contributed by atoms with E-state index in [4.69, 9.17) is 0 Å². The Morgan fingerprint density at radius 2 is 1.72 bits per heavy atom. The summed E-state index contributed by atoms with van der Waals surface area (Å²) in [5.41, 5.74) is 4.07. The molecule has 43 heavy (non-hydrogen) atoms. The predicted molar refractivity (Wildman–Crippen MR) is 168 cm³/mol. The lowest BCUT2D eigenvalue weighted by Crippen LogP contribution is -2.45. The molecule has 2 aromatic carbocycles. The number of hydrogen-bond donors (Lipinski definition) is 2.